The van der Waals surface area contributed by atoms with E-state index < -0.39 is 0 Å². The number of aryl methyl sites for hydroxylation is 1. The van der Waals surface area contributed by atoms with Crippen LogP contribution in [0.15, 0.2) is 18.6 Å². The number of anilines is 1. The highest BCUT2D eigenvalue weighted by Crippen LogP contribution is 2.34. The van der Waals surface area contributed by atoms with Crippen molar-refractivity contribution in [1.29, 1.82) is 0 Å². The van der Waals surface area contributed by atoms with E-state index in [1.807, 2.05) is 17.8 Å². The molecular formula is C15H21N5. The number of hydrogen-bond donors (Lipinski definition) is 1. The van der Waals surface area contributed by atoms with Crippen molar-refractivity contribution in [3.8, 4) is 11.5 Å². The van der Waals surface area contributed by atoms with E-state index >= 15 is 0 Å². The lowest BCUT2D eigenvalue weighted by molar-refractivity contribution is 0.694. The molecule has 2 heterocycles. The van der Waals surface area contributed by atoms with E-state index in [1.165, 1.54) is 31.4 Å². The molecule has 2 aromatic rings. The summed E-state index contributed by atoms with van der Waals surface area (Å²) < 4.78 is 1.96. The number of nitrogens with zero attached hydrogens (tertiary/aromatic N) is 4. The van der Waals surface area contributed by atoms with Gasteiger partial charge in [0.05, 0.1) is 12.5 Å². The lowest BCUT2D eigenvalue weighted by atomic mass is 10.0. The summed E-state index contributed by atoms with van der Waals surface area (Å²) in [7, 11) is 1.97. The van der Waals surface area contributed by atoms with Crippen LogP contribution in [-0.4, -0.2) is 26.1 Å². The zero-order valence-electron chi connectivity index (χ0n) is 12.1. The zero-order valence-corrected chi connectivity index (χ0v) is 12.1. The minimum absolute atomic E-state index is 0.586. The van der Waals surface area contributed by atoms with Gasteiger partial charge in [-0.25, -0.2) is 15.0 Å². The molecule has 1 fully saturated rings. The van der Waals surface area contributed by atoms with Crippen LogP contribution in [0, 0.1) is 0 Å². The molecule has 0 radical (unpaired) electrons. The molecule has 20 heavy (non-hydrogen) atoms. The summed E-state index contributed by atoms with van der Waals surface area (Å²) in [6.07, 6.45) is 8.72. The molecule has 1 saturated carbocycles. The van der Waals surface area contributed by atoms with Gasteiger partial charge in [-0.15, -0.1) is 0 Å². The fourth-order valence-corrected chi connectivity index (χ4v) is 2.86. The highest BCUT2D eigenvalue weighted by Gasteiger charge is 2.20. The quantitative estimate of drug-likeness (QED) is 0.929. The second-order valence-electron chi connectivity index (χ2n) is 5.40. The third-order valence-electron chi connectivity index (χ3n) is 3.92. The Bertz CT molecular complexity index is 584. The lowest BCUT2D eigenvalue weighted by Gasteiger charge is -2.13. The molecule has 0 saturated heterocycles. The smallest absolute Gasteiger partial charge is 0.180 e. The second-order valence-corrected chi connectivity index (χ2v) is 5.40. The van der Waals surface area contributed by atoms with Crippen LogP contribution < -0.4 is 5.32 Å². The number of rotatable bonds is 4. The third kappa shape index (κ3) is 2.53. The largest absolute Gasteiger partial charge is 0.370 e. The summed E-state index contributed by atoms with van der Waals surface area (Å²) in [5.41, 5.74) is 2.13. The lowest BCUT2D eigenvalue weighted by Crippen LogP contribution is -2.07. The van der Waals surface area contributed by atoms with E-state index in [2.05, 4.69) is 28.3 Å². The maximum atomic E-state index is 4.79. The van der Waals surface area contributed by atoms with Crippen LogP contribution in [0.3, 0.4) is 0 Å². The van der Waals surface area contributed by atoms with Crippen LogP contribution in [0.5, 0.6) is 0 Å². The number of aromatic nitrogens is 4. The average molecular weight is 271 g/mol. The third-order valence-corrected chi connectivity index (χ3v) is 3.92. The molecule has 1 N–H and O–H groups in total. The van der Waals surface area contributed by atoms with Gasteiger partial charge in [0.1, 0.15) is 11.5 Å². The normalized spacial score (nSPS) is 15.7. The molecular weight excluding hydrogens is 250 g/mol. The van der Waals surface area contributed by atoms with Crippen LogP contribution >= 0.6 is 0 Å². The molecule has 106 valence electrons. The Balaban J connectivity index is 2.02. The van der Waals surface area contributed by atoms with Crippen LogP contribution in [0.2, 0.25) is 0 Å². The Kier molecular flexibility index (Phi) is 3.67. The van der Waals surface area contributed by atoms with Crippen molar-refractivity contribution in [2.75, 3.05) is 11.9 Å². The Morgan fingerprint density at radius 1 is 1.30 bits per heavy atom. The van der Waals surface area contributed by atoms with E-state index in [1.54, 1.807) is 6.33 Å². The first kappa shape index (κ1) is 13.1. The van der Waals surface area contributed by atoms with Crippen LogP contribution in [0.1, 0.15) is 44.2 Å². The first-order valence-electron chi connectivity index (χ1n) is 7.37. The number of imidazole rings is 1. The van der Waals surface area contributed by atoms with Crippen molar-refractivity contribution in [1.82, 2.24) is 19.5 Å². The first-order valence-corrected chi connectivity index (χ1v) is 7.37. The molecule has 1 aliphatic rings. The zero-order chi connectivity index (χ0) is 13.9. The maximum absolute atomic E-state index is 4.79. The molecule has 0 atom stereocenters. The molecule has 0 aliphatic heterocycles. The van der Waals surface area contributed by atoms with Crippen molar-refractivity contribution < 1.29 is 0 Å². The standard InChI is InChI=1S/C15H21N5/c1-3-17-14-8-12(11-6-4-5-7-11)18-15(19-14)13-9-16-10-20(13)2/h8-11H,3-7H2,1-2H3,(H,17,18,19). The fourth-order valence-electron chi connectivity index (χ4n) is 2.86. The molecule has 2 aromatic heterocycles. The molecule has 1 aliphatic carbocycles. The van der Waals surface area contributed by atoms with E-state index in [4.69, 9.17) is 4.98 Å². The van der Waals surface area contributed by atoms with Crippen LogP contribution in [-0.2, 0) is 7.05 Å². The van der Waals surface area contributed by atoms with Gasteiger partial charge in [0.2, 0.25) is 0 Å². The number of nitrogens with one attached hydrogen (secondary N) is 1. The topological polar surface area (TPSA) is 55.6 Å². The Morgan fingerprint density at radius 3 is 2.75 bits per heavy atom. The molecule has 0 unspecified atom stereocenters. The molecule has 5 heteroatoms. The Morgan fingerprint density at radius 2 is 2.10 bits per heavy atom. The van der Waals surface area contributed by atoms with Gasteiger partial charge in [-0.2, -0.15) is 0 Å². The summed E-state index contributed by atoms with van der Waals surface area (Å²) in [4.78, 5) is 13.6. The monoisotopic (exact) mass is 271 g/mol. The van der Waals surface area contributed by atoms with Gasteiger partial charge in [-0.1, -0.05) is 12.8 Å². The van der Waals surface area contributed by atoms with E-state index in [9.17, 15) is 0 Å². The van der Waals surface area contributed by atoms with Crippen LogP contribution in [0.25, 0.3) is 11.5 Å². The van der Waals surface area contributed by atoms with E-state index in [0.717, 1.165) is 23.9 Å². The number of hydrogen-bond acceptors (Lipinski definition) is 4. The molecule has 3 rings (SSSR count). The minimum atomic E-state index is 0.586. The highest BCUT2D eigenvalue weighted by atomic mass is 15.1. The summed E-state index contributed by atoms with van der Waals surface area (Å²) >= 11 is 0. The summed E-state index contributed by atoms with van der Waals surface area (Å²) in [5, 5.41) is 3.31. The SMILES string of the molecule is CCNc1cc(C2CCCC2)nc(-c2cncn2C)n1. The summed E-state index contributed by atoms with van der Waals surface area (Å²) in [6.45, 7) is 2.95. The molecule has 0 spiro atoms. The van der Waals surface area contributed by atoms with Gasteiger partial charge in [0, 0.05) is 31.3 Å². The van der Waals surface area contributed by atoms with Crippen molar-refractivity contribution in [2.24, 2.45) is 7.05 Å². The van der Waals surface area contributed by atoms with E-state index in [-0.39, 0.29) is 0 Å². The van der Waals surface area contributed by atoms with Gasteiger partial charge in [-0.05, 0) is 19.8 Å². The summed E-state index contributed by atoms with van der Waals surface area (Å²) in [6, 6.07) is 2.11. The van der Waals surface area contributed by atoms with Crippen molar-refractivity contribution in [2.45, 2.75) is 38.5 Å². The van der Waals surface area contributed by atoms with Crippen LogP contribution in [0.4, 0.5) is 5.82 Å². The van der Waals surface area contributed by atoms with E-state index in [0.29, 0.717) is 5.92 Å². The maximum Gasteiger partial charge on any atom is 0.180 e. The summed E-state index contributed by atoms with van der Waals surface area (Å²) in [5.74, 6) is 2.27. The van der Waals surface area contributed by atoms with Gasteiger partial charge < -0.3 is 9.88 Å². The second kappa shape index (κ2) is 5.61. The Labute approximate surface area is 119 Å². The molecule has 0 amide bonds. The molecule has 5 nitrogen and oxygen atoms in total. The average Bonchev–Trinajstić information content (AvgIpc) is 3.09. The van der Waals surface area contributed by atoms with Gasteiger partial charge in [-0.3, -0.25) is 0 Å². The van der Waals surface area contributed by atoms with Crippen molar-refractivity contribution in [3.05, 3.63) is 24.3 Å². The van der Waals surface area contributed by atoms with Crippen molar-refractivity contribution in [3.63, 3.8) is 0 Å². The van der Waals surface area contributed by atoms with Gasteiger partial charge in [0.25, 0.3) is 0 Å². The highest BCUT2D eigenvalue weighted by molar-refractivity contribution is 5.53. The first-order chi connectivity index (χ1) is 9.78. The minimum Gasteiger partial charge on any atom is -0.370 e. The van der Waals surface area contributed by atoms with Crippen molar-refractivity contribution >= 4 is 5.82 Å². The van der Waals surface area contributed by atoms with Gasteiger partial charge >= 0.3 is 0 Å². The fraction of sp³-hybridized carbons (Fsp3) is 0.533. The molecule has 0 aromatic carbocycles. The van der Waals surface area contributed by atoms with Gasteiger partial charge in [0.15, 0.2) is 5.82 Å². The molecule has 0 bridgehead atoms. The predicted molar refractivity (Wildman–Crippen MR) is 79.6 cm³/mol. The predicted octanol–water partition coefficient (Wildman–Crippen LogP) is 2.97. The Hall–Kier alpha value is -1.91.